The van der Waals surface area contributed by atoms with Crippen molar-refractivity contribution in [1.29, 1.82) is 0 Å². The Kier molecular flexibility index (Phi) is 4.14. The third-order valence-electron chi connectivity index (χ3n) is 3.75. The molecule has 6 heteroatoms. The number of hydrogen-bond acceptors (Lipinski definition) is 3. The van der Waals surface area contributed by atoms with Gasteiger partial charge in [-0.15, -0.1) is 10.2 Å². The van der Waals surface area contributed by atoms with Crippen LogP contribution < -0.4 is 11.1 Å². The van der Waals surface area contributed by atoms with Gasteiger partial charge in [-0.1, -0.05) is 31.0 Å². The van der Waals surface area contributed by atoms with Crippen molar-refractivity contribution >= 4 is 5.96 Å². The first-order valence-corrected chi connectivity index (χ1v) is 7.34. The largest absolute Gasteiger partial charge is 0.370 e. The van der Waals surface area contributed by atoms with Gasteiger partial charge in [-0.2, -0.15) is 0 Å². The highest BCUT2D eigenvalue weighted by atomic mass is 15.3. The smallest absolute Gasteiger partial charge is 0.189 e. The molecular formula is C15H20N6. The Balaban J connectivity index is 1.67. The molecule has 0 atom stereocenters. The van der Waals surface area contributed by atoms with Gasteiger partial charge in [0.2, 0.25) is 0 Å². The van der Waals surface area contributed by atoms with E-state index in [1.165, 1.54) is 25.7 Å². The number of guanidine groups is 1. The Morgan fingerprint density at radius 3 is 2.81 bits per heavy atom. The normalized spacial score (nSPS) is 16.3. The van der Waals surface area contributed by atoms with Crippen molar-refractivity contribution in [3.05, 3.63) is 42.5 Å². The van der Waals surface area contributed by atoms with E-state index in [9.17, 15) is 0 Å². The van der Waals surface area contributed by atoms with Crippen LogP contribution in [0, 0.1) is 0 Å². The zero-order valence-electron chi connectivity index (χ0n) is 11.9. The summed E-state index contributed by atoms with van der Waals surface area (Å²) >= 11 is 0. The minimum absolute atomic E-state index is 0.417. The van der Waals surface area contributed by atoms with Crippen molar-refractivity contribution in [2.45, 2.75) is 38.3 Å². The summed E-state index contributed by atoms with van der Waals surface area (Å²) in [6, 6.07) is 10.4. The summed E-state index contributed by atoms with van der Waals surface area (Å²) in [5.41, 5.74) is 6.96. The molecule has 3 rings (SSSR count). The highest BCUT2D eigenvalue weighted by molar-refractivity contribution is 5.78. The molecule has 1 aromatic carbocycles. The van der Waals surface area contributed by atoms with Gasteiger partial charge >= 0.3 is 0 Å². The second kappa shape index (κ2) is 6.39. The van der Waals surface area contributed by atoms with Gasteiger partial charge in [-0.25, -0.2) is 4.99 Å². The first kappa shape index (κ1) is 13.6. The van der Waals surface area contributed by atoms with Crippen molar-refractivity contribution in [3.8, 4) is 5.69 Å². The Morgan fingerprint density at radius 2 is 2.05 bits per heavy atom. The number of nitrogens with zero attached hydrogens (tertiary/aromatic N) is 4. The lowest BCUT2D eigenvalue weighted by molar-refractivity contribution is 0.624. The van der Waals surface area contributed by atoms with E-state index in [-0.39, 0.29) is 0 Å². The van der Waals surface area contributed by atoms with Crippen molar-refractivity contribution in [1.82, 2.24) is 20.1 Å². The second-order valence-electron chi connectivity index (χ2n) is 5.28. The molecule has 110 valence electrons. The maximum atomic E-state index is 5.94. The summed E-state index contributed by atoms with van der Waals surface area (Å²) in [5.74, 6) is 1.27. The number of para-hydroxylation sites is 1. The van der Waals surface area contributed by atoms with Crippen LogP contribution in [0.25, 0.3) is 5.69 Å². The molecular weight excluding hydrogens is 264 g/mol. The van der Waals surface area contributed by atoms with E-state index in [1.54, 1.807) is 6.33 Å². The molecule has 0 spiro atoms. The fourth-order valence-corrected chi connectivity index (χ4v) is 2.65. The van der Waals surface area contributed by atoms with E-state index in [2.05, 4.69) is 20.5 Å². The first-order chi connectivity index (χ1) is 10.3. The van der Waals surface area contributed by atoms with Crippen LogP contribution in [-0.4, -0.2) is 26.8 Å². The number of aliphatic imine (C=N–C) groups is 1. The maximum Gasteiger partial charge on any atom is 0.189 e. The number of benzene rings is 1. The fraction of sp³-hybridized carbons (Fsp3) is 0.400. The van der Waals surface area contributed by atoms with Gasteiger partial charge in [0.05, 0.1) is 0 Å². The summed E-state index contributed by atoms with van der Waals surface area (Å²) in [6.45, 7) is 0.417. The number of aromatic nitrogens is 3. The molecule has 0 bridgehead atoms. The molecule has 1 aliphatic rings. The lowest BCUT2D eigenvalue weighted by Gasteiger charge is -2.12. The average molecular weight is 284 g/mol. The molecule has 1 fully saturated rings. The molecule has 6 nitrogen and oxygen atoms in total. The Hall–Kier alpha value is -2.37. The minimum Gasteiger partial charge on any atom is -0.370 e. The molecule has 0 amide bonds. The topological polar surface area (TPSA) is 81.1 Å². The summed E-state index contributed by atoms with van der Waals surface area (Å²) < 4.78 is 1.92. The second-order valence-corrected chi connectivity index (χ2v) is 5.28. The van der Waals surface area contributed by atoms with Gasteiger partial charge in [0.1, 0.15) is 12.9 Å². The Morgan fingerprint density at radius 1 is 1.29 bits per heavy atom. The van der Waals surface area contributed by atoms with E-state index in [0.717, 1.165) is 11.5 Å². The van der Waals surface area contributed by atoms with E-state index in [1.807, 2.05) is 34.9 Å². The number of nitrogens with one attached hydrogen (secondary N) is 1. The molecule has 1 heterocycles. The van der Waals surface area contributed by atoms with Gasteiger partial charge in [-0.3, -0.25) is 4.57 Å². The minimum atomic E-state index is 0.417. The Bertz CT molecular complexity index is 598. The van der Waals surface area contributed by atoms with Gasteiger partial charge in [-0.05, 0) is 25.0 Å². The van der Waals surface area contributed by atoms with Crippen LogP contribution in [0.15, 0.2) is 41.7 Å². The van der Waals surface area contributed by atoms with Gasteiger partial charge in [0, 0.05) is 11.7 Å². The maximum absolute atomic E-state index is 5.94. The van der Waals surface area contributed by atoms with Gasteiger partial charge < -0.3 is 11.1 Å². The highest BCUT2D eigenvalue weighted by Gasteiger charge is 2.15. The number of hydrogen-bond donors (Lipinski definition) is 2. The van der Waals surface area contributed by atoms with E-state index < -0.39 is 0 Å². The molecule has 2 aromatic rings. The van der Waals surface area contributed by atoms with Gasteiger partial charge in [0.15, 0.2) is 11.8 Å². The molecule has 0 radical (unpaired) electrons. The molecule has 1 aromatic heterocycles. The summed E-state index contributed by atoms with van der Waals surface area (Å²) in [7, 11) is 0. The summed E-state index contributed by atoms with van der Waals surface area (Å²) in [4.78, 5) is 4.38. The van der Waals surface area contributed by atoms with Crippen LogP contribution in [-0.2, 0) is 6.54 Å². The van der Waals surface area contributed by atoms with Crippen molar-refractivity contribution in [3.63, 3.8) is 0 Å². The molecule has 0 unspecified atom stereocenters. The SMILES string of the molecule is NC(=NCc1nncn1-c1ccccc1)NC1CCCC1. The van der Waals surface area contributed by atoms with Crippen LogP contribution >= 0.6 is 0 Å². The quantitative estimate of drug-likeness (QED) is 0.660. The van der Waals surface area contributed by atoms with E-state index in [0.29, 0.717) is 18.5 Å². The van der Waals surface area contributed by atoms with Crippen LogP contribution in [0.4, 0.5) is 0 Å². The molecule has 3 N–H and O–H groups in total. The summed E-state index contributed by atoms with van der Waals surface area (Å²) in [6.07, 6.45) is 6.59. The third-order valence-corrected chi connectivity index (χ3v) is 3.75. The molecule has 0 saturated heterocycles. The lowest BCUT2D eigenvalue weighted by atomic mass is 10.2. The van der Waals surface area contributed by atoms with Gasteiger partial charge in [0.25, 0.3) is 0 Å². The van der Waals surface area contributed by atoms with E-state index >= 15 is 0 Å². The van der Waals surface area contributed by atoms with Crippen molar-refractivity contribution < 1.29 is 0 Å². The monoisotopic (exact) mass is 284 g/mol. The predicted octanol–water partition coefficient (Wildman–Crippen LogP) is 1.61. The van der Waals surface area contributed by atoms with Crippen LogP contribution in [0.1, 0.15) is 31.5 Å². The van der Waals surface area contributed by atoms with Crippen LogP contribution in [0.3, 0.4) is 0 Å². The zero-order valence-corrected chi connectivity index (χ0v) is 11.9. The van der Waals surface area contributed by atoms with Crippen molar-refractivity contribution in [2.24, 2.45) is 10.7 Å². The average Bonchev–Trinajstić information content (AvgIpc) is 3.17. The Labute approximate surface area is 124 Å². The summed E-state index contributed by atoms with van der Waals surface area (Å²) in [5, 5.41) is 11.4. The predicted molar refractivity (Wildman–Crippen MR) is 82.1 cm³/mol. The highest BCUT2D eigenvalue weighted by Crippen LogP contribution is 2.17. The molecule has 21 heavy (non-hydrogen) atoms. The molecule has 1 aliphatic carbocycles. The standard InChI is InChI=1S/C15H20N6/c16-15(19-12-6-4-5-7-12)17-10-14-20-18-11-21(14)13-8-2-1-3-9-13/h1-3,8-9,11-12H,4-7,10H2,(H3,16,17,19). The zero-order chi connectivity index (χ0) is 14.5. The third kappa shape index (κ3) is 3.39. The lowest BCUT2D eigenvalue weighted by Crippen LogP contribution is -2.38. The molecule has 0 aliphatic heterocycles. The fourth-order valence-electron chi connectivity index (χ4n) is 2.65. The van der Waals surface area contributed by atoms with Crippen molar-refractivity contribution in [2.75, 3.05) is 0 Å². The number of rotatable bonds is 4. The van der Waals surface area contributed by atoms with Crippen LogP contribution in [0.2, 0.25) is 0 Å². The molecule has 1 saturated carbocycles. The van der Waals surface area contributed by atoms with Crippen LogP contribution in [0.5, 0.6) is 0 Å². The first-order valence-electron chi connectivity index (χ1n) is 7.34. The number of nitrogens with two attached hydrogens (primary N) is 1. The van der Waals surface area contributed by atoms with E-state index in [4.69, 9.17) is 5.73 Å².